The van der Waals surface area contributed by atoms with Gasteiger partial charge < -0.3 is 24.0 Å². The van der Waals surface area contributed by atoms with E-state index in [4.69, 9.17) is 9.47 Å². The fourth-order valence-electron chi connectivity index (χ4n) is 6.92. The van der Waals surface area contributed by atoms with Crippen molar-refractivity contribution in [3.8, 4) is 11.5 Å². The normalized spacial score (nSPS) is 22.2. The predicted molar refractivity (Wildman–Crippen MR) is 143 cm³/mol. The third-order valence-electron chi connectivity index (χ3n) is 9.01. The molecule has 2 aliphatic heterocycles. The highest BCUT2D eigenvalue weighted by Gasteiger charge is 2.48. The first-order valence-corrected chi connectivity index (χ1v) is 13.4. The molecule has 2 fully saturated rings. The molecule has 6 heteroatoms. The molecule has 36 heavy (non-hydrogen) atoms. The first-order chi connectivity index (χ1) is 17.6. The van der Waals surface area contributed by atoms with Crippen molar-refractivity contribution in [3.63, 3.8) is 0 Å². The van der Waals surface area contributed by atoms with E-state index in [1.807, 2.05) is 12.1 Å². The summed E-state index contributed by atoms with van der Waals surface area (Å²) < 4.78 is 13.6. The van der Waals surface area contributed by atoms with Crippen LogP contribution in [-0.4, -0.2) is 66.5 Å². The molecule has 1 atom stereocenters. The van der Waals surface area contributed by atoms with Crippen LogP contribution in [-0.2, 0) is 19.0 Å². The van der Waals surface area contributed by atoms with Gasteiger partial charge in [-0.05, 0) is 68.5 Å². The van der Waals surface area contributed by atoms with Gasteiger partial charge in [0, 0.05) is 54.8 Å². The van der Waals surface area contributed by atoms with E-state index in [1.165, 1.54) is 47.1 Å². The topological polar surface area (TPSA) is 50.1 Å². The van der Waals surface area contributed by atoms with Crippen molar-refractivity contribution < 1.29 is 14.6 Å². The number of rotatable bonds is 7. The second-order valence-electron chi connectivity index (χ2n) is 11.1. The van der Waals surface area contributed by atoms with Crippen LogP contribution < -0.4 is 9.47 Å². The lowest BCUT2D eigenvalue weighted by Crippen LogP contribution is -2.54. The minimum Gasteiger partial charge on any atom is -0.497 e. The summed E-state index contributed by atoms with van der Waals surface area (Å²) in [4.78, 5) is 5.20. The number of likely N-dealkylation sites (tertiary alicyclic amines) is 1. The first kappa shape index (κ1) is 23.8. The lowest BCUT2D eigenvalue weighted by atomic mass is 9.68. The molecule has 1 saturated heterocycles. The molecule has 3 aliphatic rings. The Balaban J connectivity index is 1.45. The third-order valence-corrected chi connectivity index (χ3v) is 9.01. The van der Waals surface area contributed by atoms with Gasteiger partial charge in [-0.1, -0.05) is 18.2 Å². The highest BCUT2D eigenvalue weighted by molar-refractivity contribution is 5.88. The lowest BCUT2D eigenvalue weighted by Gasteiger charge is -2.50. The molecule has 1 N–H and O–H groups in total. The molecule has 3 aromatic rings. The third kappa shape index (κ3) is 4.00. The van der Waals surface area contributed by atoms with Gasteiger partial charge in [0.1, 0.15) is 11.5 Å². The molecule has 6 rings (SSSR count). The second kappa shape index (κ2) is 9.40. The van der Waals surface area contributed by atoms with Gasteiger partial charge in [0.05, 0.1) is 32.4 Å². The van der Waals surface area contributed by atoms with Crippen LogP contribution in [0.4, 0.5) is 0 Å². The molecule has 192 valence electrons. The van der Waals surface area contributed by atoms with Crippen LogP contribution in [0.25, 0.3) is 10.9 Å². The molecule has 3 heterocycles. The zero-order valence-corrected chi connectivity index (χ0v) is 21.9. The van der Waals surface area contributed by atoms with Gasteiger partial charge in [-0.25, -0.2) is 0 Å². The number of ether oxygens (including phenoxy) is 2. The van der Waals surface area contributed by atoms with Crippen molar-refractivity contribution in [2.75, 3.05) is 47.0 Å². The Bertz CT molecular complexity index is 1240. The molecule has 6 nitrogen and oxygen atoms in total. The molecule has 0 radical (unpaired) electrons. The van der Waals surface area contributed by atoms with Crippen molar-refractivity contribution in [3.05, 3.63) is 59.3 Å². The van der Waals surface area contributed by atoms with Crippen LogP contribution in [0.1, 0.15) is 48.5 Å². The molecular weight excluding hydrogens is 450 g/mol. The number of hydrogen-bond acceptors (Lipinski definition) is 5. The molecule has 0 amide bonds. The van der Waals surface area contributed by atoms with Crippen molar-refractivity contribution in [2.24, 2.45) is 13.0 Å². The maximum absolute atomic E-state index is 10.8. The van der Waals surface area contributed by atoms with E-state index in [0.29, 0.717) is 0 Å². The predicted octanol–water partition coefficient (Wildman–Crippen LogP) is 4.49. The van der Waals surface area contributed by atoms with Crippen LogP contribution in [0.3, 0.4) is 0 Å². The van der Waals surface area contributed by atoms with Gasteiger partial charge in [0.15, 0.2) is 0 Å². The summed E-state index contributed by atoms with van der Waals surface area (Å²) in [5, 5.41) is 12.1. The standard InChI is InChI=1S/C30H39N3O3/c1-31-25-16-23(35-2)10-11-24(25)28-29(31)26(19-34)33(18-22-6-4-5-7-27(22)36-3)20-30(28)12-14-32(15-13-30)17-21-8-9-21/h4-7,10-11,16,21,26,34H,8-9,12-15,17-20H2,1-3H3/t26-/m0/s1. The summed E-state index contributed by atoms with van der Waals surface area (Å²) in [6.07, 6.45) is 5.11. The molecular formula is C30H39N3O3. The number of benzene rings is 2. The number of aromatic nitrogens is 1. The summed E-state index contributed by atoms with van der Waals surface area (Å²) in [7, 11) is 5.63. The largest absolute Gasteiger partial charge is 0.497 e. The lowest BCUT2D eigenvalue weighted by molar-refractivity contribution is 0.0404. The fraction of sp³-hybridized carbons (Fsp3) is 0.533. The second-order valence-corrected chi connectivity index (χ2v) is 11.1. The van der Waals surface area contributed by atoms with Crippen LogP contribution in [0.15, 0.2) is 42.5 Å². The maximum atomic E-state index is 10.8. The van der Waals surface area contributed by atoms with Crippen LogP contribution >= 0.6 is 0 Å². The van der Waals surface area contributed by atoms with Crippen LogP contribution in [0.2, 0.25) is 0 Å². The minimum atomic E-state index is -0.0663. The molecule has 1 aromatic heterocycles. The molecule has 1 spiro atoms. The van der Waals surface area contributed by atoms with Crippen molar-refractivity contribution in [1.82, 2.24) is 14.4 Å². The van der Waals surface area contributed by atoms with E-state index in [2.05, 4.69) is 51.7 Å². The Morgan fingerprint density at radius 3 is 2.50 bits per heavy atom. The number of hydrogen-bond donors (Lipinski definition) is 1. The summed E-state index contributed by atoms with van der Waals surface area (Å²) in [6.45, 7) is 5.36. The van der Waals surface area contributed by atoms with E-state index in [9.17, 15) is 5.11 Å². The first-order valence-electron chi connectivity index (χ1n) is 13.4. The highest BCUT2D eigenvalue weighted by Crippen LogP contribution is 2.50. The highest BCUT2D eigenvalue weighted by atomic mass is 16.5. The average molecular weight is 490 g/mol. The van der Waals surface area contributed by atoms with Gasteiger partial charge in [0.25, 0.3) is 0 Å². The number of piperidine rings is 1. The number of aryl methyl sites for hydroxylation is 1. The number of fused-ring (bicyclic) bond motifs is 4. The van der Waals surface area contributed by atoms with Gasteiger partial charge in [0.2, 0.25) is 0 Å². The van der Waals surface area contributed by atoms with Gasteiger partial charge in [-0.2, -0.15) is 0 Å². The molecule has 1 aliphatic carbocycles. The van der Waals surface area contributed by atoms with Crippen molar-refractivity contribution in [2.45, 2.75) is 43.7 Å². The molecule has 2 aromatic carbocycles. The average Bonchev–Trinajstić information content (AvgIpc) is 3.68. The Morgan fingerprint density at radius 1 is 1.03 bits per heavy atom. The molecule has 1 saturated carbocycles. The smallest absolute Gasteiger partial charge is 0.123 e. The zero-order valence-electron chi connectivity index (χ0n) is 21.9. The summed E-state index contributed by atoms with van der Waals surface area (Å²) in [5.74, 6) is 2.71. The number of para-hydroxylation sites is 1. The minimum absolute atomic E-state index is 0.0663. The zero-order chi connectivity index (χ0) is 24.9. The maximum Gasteiger partial charge on any atom is 0.123 e. The number of aliphatic hydroxyl groups is 1. The summed E-state index contributed by atoms with van der Waals surface area (Å²) in [5.41, 5.74) is 5.15. The van der Waals surface area contributed by atoms with Crippen molar-refractivity contribution in [1.29, 1.82) is 0 Å². The molecule has 0 unspecified atom stereocenters. The van der Waals surface area contributed by atoms with Crippen LogP contribution in [0.5, 0.6) is 11.5 Å². The van der Waals surface area contributed by atoms with Crippen LogP contribution in [0, 0.1) is 5.92 Å². The summed E-state index contributed by atoms with van der Waals surface area (Å²) >= 11 is 0. The Labute approximate surface area is 214 Å². The van der Waals surface area contributed by atoms with Gasteiger partial charge in [-0.3, -0.25) is 4.90 Å². The van der Waals surface area contributed by atoms with E-state index in [-0.39, 0.29) is 18.1 Å². The van der Waals surface area contributed by atoms with E-state index >= 15 is 0 Å². The fourth-order valence-corrected chi connectivity index (χ4v) is 6.92. The number of aliphatic hydroxyl groups excluding tert-OH is 1. The van der Waals surface area contributed by atoms with E-state index < -0.39 is 0 Å². The SMILES string of the molecule is COc1ccc2c3c(n(C)c2c1)[C@H](CO)N(Cc1ccccc1OC)CC31CCN(CC2CC2)CC1. The Kier molecular flexibility index (Phi) is 6.22. The van der Waals surface area contributed by atoms with Gasteiger partial charge >= 0.3 is 0 Å². The van der Waals surface area contributed by atoms with E-state index in [0.717, 1.165) is 56.4 Å². The Hall–Kier alpha value is -2.54. The molecule has 0 bridgehead atoms. The van der Waals surface area contributed by atoms with Crippen molar-refractivity contribution >= 4 is 10.9 Å². The Morgan fingerprint density at radius 2 is 1.81 bits per heavy atom. The van der Waals surface area contributed by atoms with E-state index in [1.54, 1.807) is 14.2 Å². The number of methoxy groups -OCH3 is 2. The monoisotopic (exact) mass is 489 g/mol. The quantitative estimate of drug-likeness (QED) is 0.530. The number of nitrogens with zero attached hydrogens (tertiary/aromatic N) is 3. The van der Waals surface area contributed by atoms with Gasteiger partial charge in [-0.15, -0.1) is 0 Å². The summed E-state index contributed by atoms with van der Waals surface area (Å²) in [6, 6.07) is 14.7.